The molecule has 0 unspecified atom stereocenters. The molecule has 0 spiro atoms. The molecule has 152 valence electrons. The fraction of sp³-hybridized carbons (Fsp3) is 0.480. The Balaban J connectivity index is 1.29. The summed E-state index contributed by atoms with van der Waals surface area (Å²) >= 11 is 0. The second-order valence-corrected chi connectivity index (χ2v) is 8.99. The average molecular weight is 394 g/mol. The Morgan fingerprint density at radius 2 is 1.62 bits per heavy atom. The molecule has 3 nitrogen and oxygen atoms in total. The van der Waals surface area contributed by atoms with Gasteiger partial charge in [0.25, 0.3) is 0 Å². The lowest BCUT2D eigenvalue weighted by Gasteiger charge is -2.54. The monoisotopic (exact) mass is 394 g/mol. The number of hydrogen-bond donors (Lipinski definition) is 0. The van der Waals surface area contributed by atoms with E-state index >= 15 is 0 Å². The molecular formula is C25H27FO3. The van der Waals surface area contributed by atoms with Gasteiger partial charge in [-0.25, -0.2) is 9.18 Å². The molecule has 4 heteroatoms. The van der Waals surface area contributed by atoms with Gasteiger partial charge in [0.1, 0.15) is 5.75 Å². The molecule has 0 N–H and O–H groups in total. The van der Waals surface area contributed by atoms with Crippen LogP contribution in [0.25, 0.3) is 0 Å². The van der Waals surface area contributed by atoms with Gasteiger partial charge in [0.05, 0.1) is 12.2 Å². The molecular weight excluding hydrogens is 367 g/mol. The molecule has 2 aromatic carbocycles. The summed E-state index contributed by atoms with van der Waals surface area (Å²) in [6, 6.07) is 12.4. The van der Waals surface area contributed by atoms with Gasteiger partial charge in [-0.3, -0.25) is 0 Å². The molecule has 6 rings (SSSR count). The average Bonchev–Trinajstić information content (AvgIpc) is 2.70. The highest BCUT2D eigenvalue weighted by Crippen LogP contribution is 2.59. The summed E-state index contributed by atoms with van der Waals surface area (Å²) in [5.74, 6) is 3.92. The van der Waals surface area contributed by atoms with Gasteiger partial charge in [0.15, 0.2) is 11.6 Å². The highest BCUT2D eigenvalue weighted by atomic mass is 19.1. The van der Waals surface area contributed by atoms with Crippen molar-refractivity contribution in [3.8, 4) is 11.5 Å². The minimum absolute atomic E-state index is 0.112. The van der Waals surface area contributed by atoms with Crippen LogP contribution in [-0.2, 0) is 4.74 Å². The number of ether oxygens (including phenoxy) is 2. The maximum absolute atomic E-state index is 14.4. The zero-order valence-electron chi connectivity index (χ0n) is 16.8. The van der Waals surface area contributed by atoms with Gasteiger partial charge in [0, 0.05) is 0 Å². The first kappa shape index (κ1) is 18.7. The van der Waals surface area contributed by atoms with Crippen LogP contribution in [0.1, 0.15) is 60.9 Å². The first-order chi connectivity index (χ1) is 14.1. The topological polar surface area (TPSA) is 35.5 Å². The smallest absolute Gasteiger partial charge is 0.338 e. The summed E-state index contributed by atoms with van der Waals surface area (Å²) in [6.45, 7) is 1.98. The third-order valence-electron chi connectivity index (χ3n) is 7.16. The standard InChI is InChI=1S/C25H27FO3/c1-2-28-25(27)18-5-8-23(22(26)14-18)29-21-6-3-17(4-7-21)24-19-10-15-9-16(12-19)13-20(24)11-15/h3-8,14-16,19-20,24H,2,9-13H2,1H3/t15-,16+,19-,20+,24?. The van der Waals surface area contributed by atoms with Crippen LogP contribution in [0.15, 0.2) is 42.5 Å². The van der Waals surface area contributed by atoms with Crippen LogP contribution in [-0.4, -0.2) is 12.6 Å². The zero-order valence-corrected chi connectivity index (χ0v) is 16.8. The Kier molecular flexibility index (Phi) is 4.81. The molecule has 4 aliphatic carbocycles. The molecule has 0 radical (unpaired) electrons. The third kappa shape index (κ3) is 3.54. The van der Waals surface area contributed by atoms with E-state index < -0.39 is 11.8 Å². The van der Waals surface area contributed by atoms with Crippen LogP contribution in [0.2, 0.25) is 0 Å². The second-order valence-electron chi connectivity index (χ2n) is 8.99. The van der Waals surface area contributed by atoms with E-state index in [1.807, 2.05) is 12.1 Å². The number of carbonyl (C=O) groups is 1. The number of rotatable bonds is 5. The van der Waals surface area contributed by atoms with E-state index in [0.29, 0.717) is 11.7 Å². The molecule has 4 bridgehead atoms. The molecule has 0 aliphatic heterocycles. The van der Waals surface area contributed by atoms with E-state index in [0.717, 1.165) is 29.7 Å². The van der Waals surface area contributed by atoms with Crippen molar-refractivity contribution in [3.63, 3.8) is 0 Å². The quantitative estimate of drug-likeness (QED) is 0.556. The number of hydrogen-bond acceptors (Lipinski definition) is 3. The highest BCUT2D eigenvalue weighted by Gasteiger charge is 2.48. The molecule has 0 aromatic heterocycles. The zero-order chi connectivity index (χ0) is 20.0. The first-order valence-electron chi connectivity index (χ1n) is 10.8. The van der Waals surface area contributed by atoms with Gasteiger partial charge in [0.2, 0.25) is 0 Å². The van der Waals surface area contributed by atoms with Crippen molar-refractivity contribution >= 4 is 5.97 Å². The summed E-state index contributed by atoms with van der Waals surface area (Å²) in [7, 11) is 0. The Morgan fingerprint density at radius 1 is 0.966 bits per heavy atom. The van der Waals surface area contributed by atoms with Gasteiger partial charge < -0.3 is 9.47 Å². The minimum Gasteiger partial charge on any atom is -0.462 e. The Hall–Kier alpha value is -2.36. The van der Waals surface area contributed by atoms with Crippen molar-refractivity contribution in [2.24, 2.45) is 23.7 Å². The Labute approximate surface area is 171 Å². The summed E-state index contributed by atoms with van der Waals surface area (Å²) in [6.07, 6.45) is 7.05. The summed E-state index contributed by atoms with van der Waals surface area (Å²) in [5.41, 5.74) is 1.60. The molecule has 4 aliphatic rings. The van der Waals surface area contributed by atoms with Crippen LogP contribution < -0.4 is 4.74 Å². The van der Waals surface area contributed by atoms with E-state index in [1.165, 1.54) is 49.8 Å². The summed E-state index contributed by atoms with van der Waals surface area (Å²) < 4.78 is 25.0. The van der Waals surface area contributed by atoms with Crippen molar-refractivity contribution in [1.82, 2.24) is 0 Å². The van der Waals surface area contributed by atoms with E-state index in [1.54, 1.807) is 6.92 Å². The first-order valence-corrected chi connectivity index (χ1v) is 10.8. The lowest BCUT2D eigenvalue weighted by molar-refractivity contribution is -0.00279. The Morgan fingerprint density at radius 3 is 2.21 bits per heavy atom. The number of benzene rings is 2. The van der Waals surface area contributed by atoms with Gasteiger partial charge in [-0.2, -0.15) is 0 Å². The van der Waals surface area contributed by atoms with E-state index in [2.05, 4.69) is 12.1 Å². The number of halogens is 1. The predicted molar refractivity (Wildman–Crippen MR) is 109 cm³/mol. The largest absolute Gasteiger partial charge is 0.462 e. The maximum Gasteiger partial charge on any atom is 0.338 e. The number of esters is 1. The van der Waals surface area contributed by atoms with Crippen LogP contribution in [0.5, 0.6) is 11.5 Å². The van der Waals surface area contributed by atoms with E-state index in [4.69, 9.17) is 9.47 Å². The predicted octanol–water partition coefficient (Wildman–Crippen LogP) is 6.33. The molecule has 0 atom stereocenters. The SMILES string of the molecule is CCOC(=O)c1ccc(Oc2ccc(C3[C@H]4C[C@@H]5C[C@@H](C[C@H]3C5)C4)cc2)c(F)c1. The van der Waals surface area contributed by atoms with Gasteiger partial charge in [-0.1, -0.05) is 12.1 Å². The maximum atomic E-state index is 14.4. The van der Waals surface area contributed by atoms with Crippen LogP contribution in [0.4, 0.5) is 4.39 Å². The normalized spacial score (nSPS) is 29.7. The number of carbonyl (C=O) groups excluding carboxylic acids is 1. The van der Waals surface area contributed by atoms with Crippen molar-refractivity contribution in [3.05, 3.63) is 59.4 Å². The lowest BCUT2D eigenvalue weighted by Crippen LogP contribution is -2.43. The Bertz CT molecular complexity index is 877. The lowest BCUT2D eigenvalue weighted by atomic mass is 9.51. The summed E-state index contributed by atoms with van der Waals surface area (Å²) in [5, 5.41) is 0. The van der Waals surface area contributed by atoms with Crippen molar-refractivity contribution < 1.29 is 18.7 Å². The molecule has 4 fully saturated rings. The fourth-order valence-electron chi connectivity index (χ4n) is 6.28. The fourth-order valence-corrected chi connectivity index (χ4v) is 6.28. The van der Waals surface area contributed by atoms with Crippen LogP contribution in [0.3, 0.4) is 0 Å². The van der Waals surface area contributed by atoms with Crippen molar-refractivity contribution in [2.45, 2.75) is 44.9 Å². The second kappa shape index (κ2) is 7.47. The molecule has 0 saturated heterocycles. The van der Waals surface area contributed by atoms with Gasteiger partial charge in [-0.05, 0) is 105 Å². The van der Waals surface area contributed by atoms with Crippen LogP contribution >= 0.6 is 0 Å². The van der Waals surface area contributed by atoms with Crippen molar-refractivity contribution in [1.29, 1.82) is 0 Å². The molecule has 0 amide bonds. The summed E-state index contributed by atoms with van der Waals surface area (Å²) in [4.78, 5) is 11.7. The molecule has 4 saturated carbocycles. The minimum atomic E-state index is -0.569. The van der Waals surface area contributed by atoms with Gasteiger partial charge >= 0.3 is 5.97 Å². The molecule has 0 heterocycles. The third-order valence-corrected chi connectivity index (χ3v) is 7.16. The molecule has 2 aromatic rings. The van der Waals surface area contributed by atoms with Gasteiger partial charge in [-0.15, -0.1) is 0 Å². The van der Waals surface area contributed by atoms with Crippen LogP contribution in [0, 0.1) is 29.5 Å². The van der Waals surface area contributed by atoms with E-state index in [-0.39, 0.29) is 17.9 Å². The van der Waals surface area contributed by atoms with E-state index in [9.17, 15) is 9.18 Å². The molecule has 29 heavy (non-hydrogen) atoms. The van der Waals surface area contributed by atoms with Crippen molar-refractivity contribution in [2.75, 3.05) is 6.61 Å². The highest BCUT2D eigenvalue weighted by molar-refractivity contribution is 5.89.